The van der Waals surface area contributed by atoms with Gasteiger partial charge in [-0.3, -0.25) is 4.79 Å². The van der Waals surface area contributed by atoms with Crippen molar-refractivity contribution in [1.29, 1.82) is 0 Å². The van der Waals surface area contributed by atoms with Gasteiger partial charge in [-0.05, 0) is 37.1 Å². The lowest BCUT2D eigenvalue weighted by Crippen LogP contribution is -2.42. The number of likely N-dealkylation sites (tertiary alicyclic amines) is 1. The van der Waals surface area contributed by atoms with Gasteiger partial charge in [-0.15, -0.1) is 0 Å². The van der Waals surface area contributed by atoms with Crippen LogP contribution >= 0.6 is 12.2 Å². The first kappa shape index (κ1) is 12.0. The first-order chi connectivity index (χ1) is 8.09. The van der Waals surface area contributed by atoms with E-state index in [-0.39, 0.29) is 17.8 Å². The van der Waals surface area contributed by atoms with Crippen LogP contribution in [-0.4, -0.2) is 28.4 Å². The third kappa shape index (κ3) is 2.44. The Morgan fingerprint density at radius 3 is 2.65 bits per heavy atom. The first-order valence-corrected chi connectivity index (χ1v) is 5.86. The molecule has 0 aromatic heterocycles. The Labute approximate surface area is 104 Å². The Bertz CT molecular complexity index is 446. The Morgan fingerprint density at radius 1 is 1.41 bits per heavy atom. The van der Waals surface area contributed by atoms with E-state index in [1.54, 1.807) is 4.90 Å². The molecule has 3 nitrogen and oxygen atoms in total. The second-order valence-corrected chi connectivity index (χ2v) is 4.54. The molecule has 1 saturated heterocycles. The van der Waals surface area contributed by atoms with Gasteiger partial charge in [0, 0.05) is 12.1 Å². The SMILES string of the molecule is NC(=S)C1CCCN1C(=O)c1ccc(F)cc1. The van der Waals surface area contributed by atoms with E-state index in [0.717, 1.165) is 12.8 Å². The number of rotatable bonds is 2. The monoisotopic (exact) mass is 252 g/mol. The maximum Gasteiger partial charge on any atom is 0.254 e. The Morgan fingerprint density at radius 2 is 2.06 bits per heavy atom. The van der Waals surface area contributed by atoms with Crippen molar-refractivity contribution in [3.8, 4) is 0 Å². The molecule has 17 heavy (non-hydrogen) atoms. The number of carbonyl (C=O) groups excluding carboxylic acids is 1. The van der Waals surface area contributed by atoms with Gasteiger partial charge in [-0.25, -0.2) is 4.39 Å². The highest BCUT2D eigenvalue weighted by molar-refractivity contribution is 7.80. The van der Waals surface area contributed by atoms with Crippen LogP contribution in [0.15, 0.2) is 24.3 Å². The van der Waals surface area contributed by atoms with E-state index in [1.165, 1.54) is 24.3 Å². The summed E-state index contributed by atoms with van der Waals surface area (Å²) in [6, 6.07) is 5.35. The van der Waals surface area contributed by atoms with Crippen LogP contribution in [-0.2, 0) is 0 Å². The highest BCUT2D eigenvalue weighted by atomic mass is 32.1. The minimum absolute atomic E-state index is 0.139. The van der Waals surface area contributed by atoms with E-state index in [1.807, 2.05) is 0 Å². The zero-order valence-corrected chi connectivity index (χ0v) is 10.0. The van der Waals surface area contributed by atoms with Crippen LogP contribution in [0, 0.1) is 5.82 Å². The van der Waals surface area contributed by atoms with Crippen molar-refractivity contribution < 1.29 is 9.18 Å². The molecule has 0 spiro atoms. The van der Waals surface area contributed by atoms with Gasteiger partial charge in [-0.1, -0.05) is 12.2 Å². The zero-order valence-electron chi connectivity index (χ0n) is 9.23. The molecule has 1 aliphatic rings. The fourth-order valence-corrected chi connectivity index (χ4v) is 2.31. The van der Waals surface area contributed by atoms with Crippen LogP contribution in [0.3, 0.4) is 0 Å². The molecule has 2 rings (SSSR count). The highest BCUT2D eigenvalue weighted by Crippen LogP contribution is 2.20. The quantitative estimate of drug-likeness (QED) is 0.815. The summed E-state index contributed by atoms with van der Waals surface area (Å²) in [6.45, 7) is 0.651. The number of nitrogens with zero attached hydrogens (tertiary/aromatic N) is 1. The summed E-state index contributed by atoms with van der Waals surface area (Å²) in [4.78, 5) is 14.2. The number of hydrogen-bond acceptors (Lipinski definition) is 2. The van der Waals surface area contributed by atoms with E-state index < -0.39 is 0 Å². The zero-order chi connectivity index (χ0) is 12.4. The second-order valence-electron chi connectivity index (χ2n) is 4.07. The maximum absolute atomic E-state index is 12.8. The molecule has 1 fully saturated rings. The number of carbonyl (C=O) groups is 1. The van der Waals surface area contributed by atoms with Crippen LogP contribution in [0.2, 0.25) is 0 Å². The van der Waals surface area contributed by atoms with Crippen molar-refractivity contribution in [2.24, 2.45) is 5.73 Å². The topological polar surface area (TPSA) is 46.3 Å². The number of benzene rings is 1. The molecule has 1 aromatic carbocycles. The predicted octanol–water partition coefficient (Wildman–Crippen LogP) is 1.72. The molecule has 90 valence electrons. The third-order valence-electron chi connectivity index (χ3n) is 2.93. The van der Waals surface area contributed by atoms with Crippen molar-refractivity contribution in [3.05, 3.63) is 35.6 Å². The first-order valence-electron chi connectivity index (χ1n) is 5.45. The number of nitrogens with two attached hydrogens (primary N) is 1. The molecule has 0 bridgehead atoms. The van der Waals surface area contributed by atoms with Crippen LogP contribution in [0.1, 0.15) is 23.2 Å². The van der Waals surface area contributed by atoms with E-state index in [0.29, 0.717) is 17.1 Å². The van der Waals surface area contributed by atoms with E-state index in [2.05, 4.69) is 0 Å². The summed E-state index contributed by atoms with van der Waals surface area (Å²) >= 11 is 4.95. The molecule has 1 amide bonds. The average Bonchev–Trinajstić information content (AvgIpc) is 2.78. The summed E-state index contributed by atoms with van der Waals surface area (Å²) in [5.74, 6) is -0.492. The van der Waals surface area contributed by atoms with Crippen molar-refractivity contribution in [3.63, 3.8) is 0 Å². The number of hydrogen-bond donors (Lipinski definition) is 1. The molecular formula is C12H13FN2OS. The molecule has 1 atom stereocenters. The summed E-state index contributed by atoms with van der Waals surface area (Å²) in [7, 11) is 0. The van der Waals surface area contributed by atoms with Crippen molar-refractivity contribution in [2.75, 3.05) is 6.54 Å². The third-order valence-corrected chi connectivity index (χ3v) is 3.21. The van der Waals surface area contributed by atoms with Gasteiger partial charge in [0.25, 0.3) is 5.91 Å². The summed E-state index contributed by atoms with van der Waals surface area (Å²) in [5.41, 5.74) is 6.07. The van der Waals surface area contributed by atoms with Crippen LogP contribution < -0.4 is 5.73 Å². The van der Waals surface area contributed by atoms with Gasteiger partial charge in [0.1, 0.15) is 5.82 Å². The van der Waals surface area contributed by atoms with E-state index in [9.17, 15) is 9.18 Å². The molecule has 0 saturated carbocycles. The summed E-state index contributed by atoms with van der Waals surface area (Å²) in [6.07, 6.45) is 1.71. The second kappa shape index (κ2) is 4.79. The van der Waals surface area contributed by atoms with Gasteiger partial charge in [-0.2, -0.15) is 0 Å². The van der Waals surface area contributed by atoms with Gasteiger partial charge in [0.15, 0.2) is 0 Å². The Kier molecular flexibility index (Phi) is 3.38. The fourth-order valence-electron chi connectivity index (χ4n) is 2.06. The fraction of sp³-hybridized carbons (Fsp3) is 0.333. The van der Waals surface area contributed by atoms with Crippen LogP contribution in [0.25, 0.3) is 0 Å². The van der Waals surface area contributed by atoms with Gasteiger partial charge >= 0.3 is 0 Å². The number of amides is 1. The molecule has 0 radical (unpaired) electrons. The van der Waals surface area contributed by atoms with Crippen LogP contribution in [0.5, 0.6) is 0 Å². The molecular weight excluding hydrogens is 239 g/mol. The molecule has 1 heterocycles. The standard InChI is InChI=1S/C12H13FN2OS/c13-9-5-3-8(4-6-9)12(16)15-7-1-2-10(15)11(14)17/h3-6,10H,1-2,7H2,(H2,14,17). The van der Waals surface area contributed by atoms with Crippen molar-refractivity contribution in [2.45, 2.75) is 18.9 Å². The molecule has 0 aliphatic carbocycles. The Hall–Kier alpha value is -1.49. The average molecular weight is 252 g/mol. The maximum atomic E-state index is 12.8. The lowest BCUT2D eigenvalue weighted by atomic mass is 10.1. The molecule has 2 N–H and O–H groups in total. The number of halogens is 1. The molecule has 1 unspecified atom stereocenters. The lowest BCUT2D eigenvalue weighted by Gasteiger charge is -2.23. The number of thiocarbonyl (C=S) groups is 1. The van der Waals surface area contributed by atoms with E-state index in [4.69, 9.17) is 18.0 Å². The van der Waals surface area contributed by atoms with Crippen molar-refractivity contribution >= 4 is 23.1 Å². The van der Waals surface area contributed by atoms with Gasteiger partial charge < -0.3 is 10.6 Å². The minimum atomic E-state index is -0.353. The normalized spacial score (nSPS) is 19.4. The highest BCUT2D eigenvalue weighted by Gasteiger charge is 2.31. The lowest BCUT2D eigenvalue weighted by molar-refractivity contribution is 0.0770. The minimum Gasteiger partial charge on any atom is -0.392 e. The summed E-state index contributed by atoms with van der Waals surface area (Å²) < 4.78 is 12.8. The van der Waals surface area contributed by atoms with Crippen molar-refractivity contribution in [1.82, 2.24) is 4.90 Å². The van der Waals surface area contributed by atoms with Crippen LogP contribution in [0.4, 0.5) is 4.39 Å². The summed E-state index contributed by atoms with van der Waals surface area (Å²) in [5, 5.41) is 0. The molecule has 1 aromatic rings. The van der Waals surface area contributed by atoms with Gasteiger partial charge in [0.05, 0.1) is 11.0 Å². The largest absolute Gasteiger partial charge is 0.392 e. The smallest absolute Gasteiger partial charge is 0.254 e. The molecule has 5 heteroatoms. The predicted molar refractivity (Wildman–Crippen MR) is 67.2 cm³/mol. The van der Waals surface area contributed by atoms with Gasteiger partial charge in [0.2, 0.25) is 0 Å². The molecule has 1 aliphatic heterocycles. The van der Waals surface area contributed by atoms with E-state index >= 15 is 0 Å². The Balaban J connectivity index is 2.19.